The van der Waals surface area contributed by atoms with Gasteiger partial charge in [-0.15, -0.1) is 0 Å². The molecule has 1 aromatic heterocycles. The molecule has 0 bridgehead atoms. The summed E-state index contributed by atoms with van der Waals surface area (Å²) >= 11 is 3.22. The van der Waals surface area contributed by atoms with E-state index >= 15 is 0 Å². The molecule has 0 aliphatic heterocycles. The number of hydrogen-bond donors (Lipinski definition) is 0. The van der Waals surface area contributed by atoms with Gasteiger partial charge in [-0.25, -0.2) is 9.37 Å². The van der Waals surface area contributed by atoms with Crippen LogP contribution in [0.3, 0.4) is 0 Å². The van der Waals surface area contributed by atoms with Crippen LogP contribution in [0.2, 0.25) is 0 Å². The van der Waals surface area contributed by atoms with E-state index in [4.69, 9.17) is 0 Å². The molecule has 0 aliphatic rings. The first-order valence-electron chi connectivity index (χ1n) is 5.14. The number of nitrogens with zero attached hydrogens (tertiary/aromatic N) is 2. The maximum absolute atomic E-state index is 13.3. The first-order chi connectivity index (χ1) is 8.60. The maximum Gasteiger partial charge on any atom is 0.325 e. The molecule has 0 saturated carbocycles. The third-order valence-electron chi connectivity index (χ3n) is 2.36. The second-order valence-corrected chi connectivity index (χ2v) is 4.53. The van der Waals surface area contributed by atoms with Crippen molar-refractivity contribution in [2.24, 2.45) is 0 Å². The third kappa shape index (κ3) is 2.76. The molecule has 6 heteroatoms. The zero-order chi connectivity index (χ0) is 13.1. The fourth-order valence-corrected chi connectivity index (χ4v) is 2.05. The molecule has 0 radical (unpaired) electrons. The summed E-state index contributed by atoms with van der Waals surface area (Å²) in [6, 6.07) is 4.46. The summed E-state index contributed by atoms with van der Waals surface area (Å²) in [7, 11) is 1.32. The minimum Gasteiger partial charge on any atom is -0.468 e. The second-order valence-electron chi connectivity index (χ2n) is 3.61. The average molecular weight is 313 g/mol. The van der Waals surface area contributed by atoms with E-state index in [9.17, 15) is 9.18 Å². The smallest absolute Gasteiger partial charge is 0.325 e. The lowest BCUT2D eigenvalue weighted by Gasteiger charge is -2.07. The molecule has 4 nitrogen and oxygen atoms in total. The Bertz CT molecular complexity index is 563. The van der Waals surface area contributed by atoms with E-state index in [0.29, 0.717) is 15.9 Å². The van der Waals surface area contributed by atoms with Crippen LogP contribution in [0.25, 0.3) is 11.4 Å². The van der Waals surface area contributed by atoms with E-state index < -0.39 is 0 Å². The van der Waals surface area contributed by atoms with Crippen LogP contribution in [0.4, 0.5) is 4.39 Å². The van der Waals surface area contributed by atoms with Gasteiger partial charge in [0.1, 0.15) is 18.2 Å². The highest BCUT2D eigenvalue weighted by Gasteiger charge is 2.11. The average Bonchev–Trinajstić information content (AvgIpc) is 2.75. The van der Waals surface area contributed by atoms with Gasteiger partial charge in [0.15, 0.2) is 0 Å². The molecule has 2 rings (SSSR count). The zero-order valence-electron chi connectivity index (χ0n) is 9.56. The summed E-state index contributed by atoms with van der Waals surface area (Å²) < 4.78 is 20.1. The van der Waals surface area contributed by atoms with Gasteiger partial charge in [-0.2, -0.15) is 0 Å². The Morgan fingerprint density at radius 2 is 2.28 bits per heavy atom. The van der Waals surface area contributed by atoms with E-state index in [2.05, 4.69) is 25.7 Å². The Labute approximate surface area is 112 Å². The molecule has 18 heavy (non-hydrogen) atoms. The third-order valence-corrected chi connectivity index (χ3v) is 2.82. The number of imidazole rings is 1. The molecule has 0 N–H and O–H groups in total. The van der Waals surface area contributed by atoms with Crippen molar-refractivity contribution in [1.82, 2.24) is 9.55 Å². The van der Waals surface area contributed by atoms with Gasteiger partial charge in [-0.1, -0.05) is 15.9 Å². The maximum atomic E-state index is 13.3. The van der Waals surface area contributed by atoms with Crippen molar-refractivity contribution in [2.45, 2.75) is 6.54 Å². The number of hydrogen-bond acceptors (Lipinski definition) is 3. The summed E-state index contributed by atoms with van der Waals surface area (Å²) in [5.41, 5.74) is 0.593. The molecular formula is C12H10BrFN2O2. The molecular weight excluding hydrogens is 303 g/mol. The normalized spacial score (nSPS) is 10.4. The first kappa shape index (κ1) is 12.8. The highest BCUT2D eigenvalue weighted by Crippen LogP contribution is 2.23. The van der Waals surface area contributed by atoms with Crippen molar-refractivity contribution >= 4 is 21.9 Å². The minimum absolute atomic E-state index is 0.0416. The van der Waals surface area contributed by atoms with Crippen LogP contribution < -0.4 is 0 Å². The van der Waals surface area contributed by atoms with Crippen LogP contribution in [-0.2, 0) is 16.1 Å². The lowest BCUT2D eigenvalue weighted by atomic mass is 10.2. The standard InChI is InChI=1S/C12H10BrFN2O2/c1-18-11(17)7-16-3-2-15-12(16)8-4-9(13)6-10(14)5-8/h2-6H,7H2,1H3. The largest absolute Gasteiger partial charge is 0.468 e. The van der Waals surface area contributed by atoms with Crippen LogP contribution in [-0.4, -0.2) is 22.6 Å². The number of aromatic nitrogens is 2. The van der Waals surface area contributed by atoms with Crippen molar-refractivity contribution in [1.29, 1.82) is 0 Å². The van der Waals surface area contributed by atoms with Gasteiger partial charge in [0.05, 0.1) is 7.11 Å². The summed E-state index contributed by atoms with van der Waals surface area (Å²) in [5, 5.41) is 0. The van der Waals surface area contributed by atoms with Crippen LogP contribution >= 0.6 is 15.9 Å². The van der Waals surface area contributed by atoms with Crippen molar-refractivity contribution in [2.75, 3.05) is 7.11 Å². The summed E-state index contributed by atoms with van der Waals surface area (Å²) in [4.78, 5) is 15.4. The predicted octanol–water partition coefficient (Wildman–Crippen LogP) is 2.62. The highest BCUT2D eigenvalue weighted by atomic mass is 79.9. The van der Waals surface area contributed by atoms with E-state index in [-0.39, 0.29) is 18.3 Å². The molecule has 0 unspecified atom stereocenters. The van der Waals surface area contributed by atoms with Crippen LogP contribution in [0.1, 0.15) is 0 Å². The molecule has 2 aromatic rings. The van der Waals surface area contributed by atoms with E-state index in [1.54, 1.807) is 23.0 Å². The fraction of sp³-hybridized carbons (Fsp3) is 0.167. The van der Waals surface area contributed by atoms with Gasteiger partial charge in [-0.05, 0) is 18.2 Å². The number of benzene rings is 1. The highest BCUT2D eigenvalue weighted by molar-refractivity contribution is 9.10. The number of ether oxygens (including phenoxy) is 1. The molecule has 0 atom stereocenters. The Kier molecular flexibility index (Phi) is 3.76. The summed E-state index contributed by atoms with van der Waals surface area (Å²) in [6.45, 7) is 0.0416. The molecule has 0 saturated heterocycles. The molecule has 0 amide bonds. The van der Waals surface area contributed by atoms with Gasteiger partial charge in [0, 0.05) is 22.4 Å². The number of methoxy groups -OCH3 is 1. The zero-order valence-corrected chi connectivity index (χ0v) is 11.1. The Morgan fingerprint density at radius 3 is 2.94 bits per heavy atom. The quantitative estimate of drug-likeness (QED) is 0.818. The lowest BCUT2D eigenvalue weighted by molar-refractivity contribution is -0.141. The van der Waals surface area contributed by atoms with Gasteiger partial charge < -0.3 is 9.30 Å². The van der Waals surface area contributed by atoms with E-state index in [0.717, 1.165) is 0 Å². The summed E-state index contributed by atoms with van der Waals surface area (Å²) in [5.74, 6) is -0.239. The van der Waals surface area contributed by atoms with Crippen molar-refractivity contribution in [3.8, 4) is 11.4 Å². The second kappa shape index (κ2) is 5.30. The van der Waals surface area contributed by atoms with Crippen LogP contribution in [0.5, 0.6) is 0 Å². The first-order valence-corrected chi connectivity index (χ1v) is 5.94. The number of esters is 1. The number of carbonyl (C=O) groups is 1. The fourth-order valence-electron chi connectivity index (χ4n) is 1.58. The van der Waals surface area contributed by atoms with Crippen LogP contribution in [0, 0.1) is 5.82 Å². The van der Waals surface area contributed by atoms with Crippen molar-refractivity contribution in [3.63, 3.8) is 0 Å². The Balaban J connectivity index is 2.39. The van der Waals surface area contributed by atoms with E-state index in [1.807, 2.05) is 0 Å². The Hall–Kier alpha value is -1.69. The molecule has 94 valence electrons. The van der Waals surface area contributed by atoms with Gasteiger partial charge in [0.25, 0.3) is 0 Å². The molecule has 0 aliphatic carbocycles. The van der Waals surface area contributed by atoms with Gasteiger partial charge in [0.2, 0.25) is 0 Å². The SMILES string of the molecule is COC(=O)Cn1ccnc1-c1cc(F)cc(Br)c1. The molecule has 0 spiro atoms. The molecule has 0 fully saturated rings. The van der Waals surface area contributed by atoms with Gasteiger partial charge in [-0.3, -0.25) is 4.79 Å². The lowest BCUT2D eigenvalue weighted by Crippen LogP contribution is -2.11. The Morgan fingerprint density at radius 1 is 1.50 bits per heavy atom. The van der Waals surface area contributed by atoms with Crippen molar-refractivity contribution < 1.29 is 13.9 Å². The van der Waals surface area contributed by atoms with E-state index in [1.165, 1.54) is 19.2 Å². The minimum atomic E-state index is -0.385. The molecule has 1 heterocycles. The number of carbonyl (C=O) groups excluding carboxylic acids is 1. The van der Waals surface area contributed by atoms with Crippen LogP contribution in [0.15, 0.2) is 35.1 Å². The molecule has 1 aromatic carbocycles. The number of rotatable bonds is 3. The number of halogens is 2. The van der Waals surface area contributed by atoms with Crippen molar-refractivity contribution in [3.05, 3.63) is 40.9 Å². The predicted molar refractivity (Wildman–Crippen MR) is 67.3 cm³/mol. The monoisotopic (exact) mass is 312 g/mol. The summed E-state index contributed by atoms with van der Waals surface area (Å²) in [6.07, 6.45) is 3.20. The van der Waals surface area contributed by atoms with Gasteiger partial charge >= 0.3 is 5.97 Å². The topological polar surface area (TPSA) is 44.1 Å².